The lowest BCUT2D eigenvalue weighted by Gasteiger charge is -2.17. The molecule has 0 aliphatic rings. The van der Waals surface area contributed by atoms with Gasteiger partial charge in [-0.05, 0) is 25.5 Å². The Kier molecular flexibility index (Phi) is 5.87. The lowest BCUT2D eigenvalue weighted by atomic mass is 10.2. The highest BCUT2D eigenvalue weighted by Gasteiger charge is 2.16. The van der Waals surface area contributed by atoms with Gasteiger partial charge in [-0.25, -0.2) is 0 Å². The normalized spacial score (nSPS) is 13.6. The quantitative estimate of drug-likeness (QED) is 0.855. The van der Waals surface area contributed by atoms with Crippen LogP contribution in [0.4, 0.5) is 0 Å². The van der Waals surface area contributed by atoms with Crippen LogP contribution in [0, 0.1) is 0 Å². The summed E-state index contributed by atoms with van der Waals surface area (Å²) < 4.78 is 1.83. The Hall–Kier alpha value is -1.75. The molecule has 112 valence electrons. The summed E-state index contributed by atoms with van der Waals surface area (Å²) in [5, 5.41) is 7.11. The first-order chi connectivity index (χ1) is 10.1. The number of nitrogens with one attached hydrogen (secondary N) is 1. The van der Waals surface area contributed by atoms with Gasteiger partial charge < -0.3 is 5.32 Å². The summed E-state index contributed by atoms with van der Waals surface area (Å²) in [6.45, 7) is 4.63. The second kappa shape index (κ2) is 7.88. The lowest BCUT2D eigenvalue weighted by Crippen LogP contribution is -2.40. The van der Waals surface area contributed by atoms with E-state index in [0.29, 0.717) is 6.54 Å². The highest BCUT2D eigenvalue weighted by atomic mass is 32.2. The molecule has 1 heterocycles. The molecule has 1 amide bonds. The van der Waals surface area contributed by atoms with Crippen LogP contribution < -0.4 is 5.32 Å². The van der Waals surface area contributed by atoms with Gasteiger partial charge in [0.1, 0.15) is 0 Å². The predicted octanol–water partition coefficient (Wildman–Crippen LogP) is 2.71. The van der Waals surface area contributed by atoms with E-state index < -0.39 is 0 Å². The van der Waals surface area contributed by atoms with Gasteiger partial charge in [-0.1, -0.05) is 30.3 Å². The van der Waals surface area contributed by atoms with Crippen molar-refractivity contribution in [2.45, 2.75) is 37.4 Å². The van der Waals surface area contributed by atoms with E-state index in [1.54, 1.807) is 18.0 Å². The van der Waals surface area contributed by atoms with Crippen LogP contribution >= 0.6 is 11.8 Å². The standard InChI is InChI=1S/C16H21N3OS/c1-13(11-19-10-6-9-17-19)18-16(20)14(2)21-12-15-7-4-3-5-8-15/h3-10,13-14H,11-12H2,1-2H3,(H,18,20)/t13-,14+/m0/s1. The van der Waals surface area contributed by atoms with Gasteiger partial charge in [0.15, 0.2) is 0 Å². The molecule has 21 heavy (non-hydrogen) atoms. The molecule has 0 radical (unpaired) electrons. The molecule has 1 N–H and O–H groups in total. The van der Waals surface area contributed by atoms with E-state index in [1.807, 2.05) is 49.0 Å². The average Bonchev–Trinajstić information content (AvgIpc) is 2.98. The molecular formula is C16H21N3OS. The van der Waals surface area contributed by atoms with Crippen LogP contribution in [0.25, 0.3) is 0 Å². The average molecular weight is 303 g/mol. The highest BCUT2D eigenvalue weighted by molar-refractivity contribution is 7.99. The maximum absolute atomic E-state index is 12.1. The van der Waals surface area contributed by atoms with Crippen molar-refractivity contribution in [1.29, 1.82) is 0 Å². The molecule has 0 fully saturated rings. The molecule has 4 nitrogen and oxygen atoms in total. The fourth-order valence-corrected chi connectivity index (χ4v) is 2.82. The number of hydrogen-bond donors (Lipinski definition) is 1. The Morgan fingerprint density at radius 1 is 1.29 bits per heavy atom. The van der Waals surface area contributed by atoms with Crippen molar-refractivity contribution in [2.24, 2.45) is 0 Å². The van der Waals surface area contributed by atoms with Gasteiger partial charge >= 0.3 is 0 Å². The third kappa shape index (κ3) is 5.27. The number of hydrogen-bond acceptors (Lipinski definition) is 3. The minimum atomic E-state index is -0.0646. The second-order valence-electron chi connectivity index (χ2n) is 5.08. The molecule has 0 saturated heterocycles. The van der Waals surface area contributed by atoms with E-state index in [-0.39, 0.29) is 17.2 Å². The molecule has 2 atom stereocenters. The number of rotatable bonds is 7. The van der Waals surface area contributed by atoms with E-state index in [0.717, 1.165) is 5.75 Å². The molecule has 1 aromatic carbocycles. The number of aromatic nitrogens is 2. The van der Waals surface area contributed by atoms with Crippen LogP contribution in [0.3, 0.4) is 0 Å². The first-order valence-electron chi connectivity index (χ1n) is 7.08. The summed E-state index contributed by atoms with van der Waals surface area (Å²) in [5.74, 6) is 0.929. The fourth-order valence-electron chi connectivity index (χ4n) is 1.97. The Morgan fingerprint density at radius 2 is 2.05 bits per heavy atom. The Balaban J connectivity index is 1.74. The second-order valence-corrected chi connectivity index (χ2v) is 6.41. The molecule has 0 aliphatic carbocycles. The number of amides is 1. The fraction of sp³-hybridized carbons (Fsp3) is 0.375. The van der Waals surface area contributed by atoms with E-state index in [9.17, 15) is 4.79 Å². The smallest absolute Gasteiger partial charge is 0.233 e. The zero-order valence-electron chi connectivity index (χ0n) is 12.4. The predicted molar refractivity (Wildman–Crippen MR) is 87.0 cm³/mol. The van der Waals surface area contributed by atoms with E-state index in [1.165, 1.54) is 5.56 Å². The summed E-state index contributed by atoms with van der Waals surface area (Å²) in [6, 6.07) is 12.2. The third-order valence-corrected chi connectivity index (χ3v) is 4.33. The van der Waals surface area contributed by atoms with Crippen LogP contribution in [0.1, 0.15) is 19.4 Å². The maximum atomic E-state index is 12.1. The zero-order chi connectivity index (χ0) is 15.1. The van der Waals surface area contributed by atoms with Gasteiger partial charge in [0.25, 0.3) is 0 Å². The zero-order valence-corrected chi connectivity index (χ0v) is 13.2. The lowest BCUT2D eigenvalue weighted by molar-refractivity contribution is -0.121. The molecule has 2 rings (SSSR count). The van der Waals surface area contributed by atoms with E-state index in [4.69, 9.17) is 0 Å². The molecule has 2 aromatic rings. The van der Waals surface area contributed by atoms with Crippen molar-refractivity contribution >= 4 is 17.7 Å². The minimum absolute atomic E-state index is 0.0646. The summed E-state index contributed by atoms with van der Waals surface area (Å²) in [5.41, 5.74) is 1.24. The first-order valence-corrected chi connectivity index (χ1v) is 8.13. The van der Waals surface area contributed by atoms with Gasteiger partial charge in [0.2, 0.25) is 5.91 Å². The molecule has 0 bridgehead atoms. The largest absolute Gasteiger partial charge is 0.351 e. The summed E-state index contributed by atoms with van der Waals surface area (Å²) >= 11 is 1.65. The van der Waals surface area contributed by atoms with Gasteiger partial charge in [-0.15, -0.1) is 11.8 Å². The number of thioether (sulfide) groups is 1. The van der Waals surface area contributed by atoms with Crippen molar-refractivity contribution in [1.82, 2.24) is 15.1 Å². The monoisotopic (exact) mass is 303 g/mol. The van der Waals surface area contributed by atoms with Crippen LogP contribution in [-0.4, -0.2) is 27.0 Å². The Bertz CT molecular complexity index is 542. The molecule has 1 aromatic heterocycles. The number of benzene rings is 1. The van der Waals surface area contributed by atoms with Crippen molar-refractivity contribution in [3.63, 3.8) is 0 Å². The molecule has 0 saturated carbocycles. The SMILES string of the molecule is C[C@@H](Cn1cccn1)NC(=O)[C@@H](C)SCc1ccccc1. The van der Waals surface area contributed by atoms with Crippen LogP contribution in [-0.2, 0) is 17.1 Å². The minimum Gasteiger partial charge on any atom is -0.351 e. The molecule has 0 aliphatic heterocycles. The van der Waals surface area contributed by atoms with Gasteiger partial charge in [0.05, 0.1) is 11.8 Å². The Morgan fingerprint density at radius 3 is 2.71 bits per heavy atom. The van der Waals surface area contributed by atoms with Gasteiger partial charge in [-0.3, -0.25) is 9.48 Å². The molecule has 0 unspecified atom stereocenters. The van der Waals surface area contributed by atoms with Crippen LogP contribution in [0.5, 0.6) is 0 Å². The van der Waals surface area contributed by atoms with Crippen LogP contribution in [0.15, 0.2) is 48.8 Å². The van der Waals surface area contributed by atoms with Crippen molar-refractivity contribution in [3.05, 3.63) is 54.4 Å². The van der Waals surface area contributed by atoms with E-state index in [2.05, 4.69) is 22.5 Å². The van der Waals surface area contributed by atoms with Crippen molar-refractivity contribution in [3.8, 4) is 0 Å². The molecule has 0 spiro atoms. The topological polar surface area (TPSA) is 46.9 Å². The number of nitrogens with zero attached hydrogens (tertiary/aromatic N) is 2. The van der Waals surface area contributed by atoms with Crippen LogP contribution in [0.2, 0.25) is 0 Å². The summed E-state index contributed by atoms with van der Waals surface area (Å²) in [6.07, 6.45) is 3.64. The molecular weight excluding hydrogens is 282 g/mol. The first kappa shape index (κ1) is 15.6. The number of carbonyl (C=O) groups is 1. The maximum Gasteiger partial charge on any atom is 0.233 e. The molecule has 5 heteroatoms. The highest BCUT2D eigenvalue weighted by Crippen LogP contribution is 2.17. The van der Waals surface area contributed by atoms with Crippen molar-refractivity contribution in [2.75, 3.05) is 0 Å². The summed E-state index contributed by atoms with van der Waals surface area (Å²) in [4.78, 5) is 12.1. The third-order valence-electron chi connectivity index (χ3n) is 3.12. The Labute approximate surface area is 129 Å². The van der Waals surface area contributed by atoms with Gasteiger partial charge in [0, 0.05) is 24.2 Å². The summed E-state index contributed by atoms with van der Waals surface area (Å²) in [7, 11) is 0. The van der Waals surface area contributed by atoms with Crippen molar-refractivity contribution < 1.29 is 4.79 Å². The van der Waals surface area contributed by atoms with E-state index >= 15 is 0 Å². The number of carbonyl (C=O) groups excluding carboxylic acids is 1. The van der Waals surface area contributed by atoms with Gasteiger partial charge in [-0.2, -0.15) is 5.10 Å².